The zero-order valence-electron chi connectivity index (χ0n) is 15.2. The quantitative estimate of drug-likeness (QED) is 0.395. The van der Waals surface area contributed by atoms with Gasteiger partial charge in [0.05, 0.1) is 12.7 Å². The van der Waals surface area contributed by atoms with Crippen LogP contribution in [0.3, 0.4) is 0 Å². The predicted octanol–water partition coefficient (Wildman–Crippen LogP) is 1.81. The van der Waals surface area contributed by atoms with Crippen molar-refractivity contribution in [1.82, 2.24) is 5.32 Å². The lowest BCUT2D eigenvalue weighted by atomic mass is 10.0. The van der Waals surface area contributed by atoms with Gasteiger partial charge >= 0.3 is 0 Å². The van der Waals surface area contributed by atoms with Gasteiger partial charge < -0.3 is 20.4 Å². The lowest BCUT2D eigenvalue weighted by Gasteiger charge is -2.09. The fourth-order valence-electron chi connectivity index (χ4n) is 3.05. The number of hydrogen-bond donors (Lipinski definition) is 3. The van der Waals surface area contributed by atoms with Crippen molar-refractivity contribution < 1.29 is 15.0 Å². The molecule has 2 aromatic rings. The molecule has 2 aromatic carbocycles. The SMILES string of the molecule is CCC1CN1c1ccc2cc(/C=C(\C#N)C(=O)NCC(O)CO)ccc2c1. The number of nitrogens with zero attached hydrogens (tertiary/aromatic N) is 2. The monoisotopic (exact) mass is 365 g/mol. The molecule has 1 amide bonds. The molecular formula is C21H23N3O3. The molecule has 140 valence electrons. The fourth-order valence-corrected chi connectivity index (χ4v) is 3.05. The van der Waals surface area contributed by atoms with E-state index in [1.54, 1.807) is 0 Å². The Labute approximate surface area is 158 Å². The maximum Gasteiger partial charge on any atom is 0.262 e. The zero-order chi connectivity index (χ0) is 19.4. The van der Waals surface area contributed by atoms with Crippen molar-refractivity contribution >= 4 is 28.4 Å². The molecule has 0 spiro atoms. The van der Waals surface area contributed by atoms with Crippen LogP contribution in [0.1, 0.15) is 18.9 Å². The third-order valence-electron chi connectivity index (χ3n) is 4.75. The molecule has 3 N–H and O–H groups in total. The van der Waals surface area contributed by atoms with E-state index in [0.29, 0.717) is 6.04 Å². The number of benzene rings is 2. The molecule has 1 saturated heterocycles. The first kappa shape index (κ1) is 18.9. The Balaban J connectivity index is 1.77. The number of nitriles is 1. The first-order valence-electron chi connectivity index (χ1n) is 9.05. The molecule has 1 aliphatic rings. The molecule has 0 aliphatic carbocycles. The smallest absolute Gasteiger partial charge is 0.262 e. The maximum atomic E-state index is 12.0. The van der Waals surface area contributed by atoms with Gasteiger partial charge in [-0.05, 0) is 47.0 Å². The number of aliphatic hydroxyl groups is 2. The van der Waals surface area contributed by atoms with E-state index in [9.17, 15) is 15.2 Å². The van der Waals surface area contributed by atoms with E-state index in [4.69, 9.17) is 5.11 Å². The van der Waals surface area contributed by atoms with Gasteiger partial charge in [-0.2, -0.15) is 5.26 Å². The highest BCUT2D eigenvalue weighted by Gasteiger charge is 2.31. The molecule has 0 saturated carbocycles. The minimum absolute atomic E-state index is 0.0500. The van der Waals surface area contributed by atoms with E-state index in [0.717, 1.165) is 29.3 Å². The minimum Gasteiger partial charge on any atom is -0.394 e. The molecule has 1 fully saturated rings. The Hall–Kier alpha value is -2.88. The fraction of sp³-hybridized carbons (Fsp3) is 0.333. The molecule has 3 rings (SSSR count). The summed E-state index contributed by atoms with van der Waals surface area (Å²) in [6.45, 7) is 2.74. The van der Waals surface area contributed by atoms with Crippen LogP contribution in [0, 0.1) is 11.3 Å². The lowest BCUT2D eigenvalue weighted by Crippen LogP contribution is -2.34. The summed E-state index contributed by atoms with van der Waals surface area (Å²) in [5, 5.41) is 31.9. The molecule has 6 heteroatoms. The number of carbonyl (C=O) groups is 1. The van der Waals surface area contributed by atoms with Crippen molar-refractivity contribution in [2.24, 2.45) is 0 Å². The number of anilines is 1. The number of nitrogens with one attached hydrogen (secondary N) is 1. The van der Waals surface area contributed by atoms with E-state index in [-0.39, 0.29) is 12.1 Å². The average molecular weight is 365 g/mol. The Morgan fingerprint density at radius 2 is 2.11 bits per heavy atom. The topological polar surface area (TPSA) is 96.4 Å². The van der Waals surface area contributed by atoms with Gasteiger partial charge in [-0.3, -0.25) is 4.79 Å². The van der Waals surface area contributed by atoms with Crippen molar-refractivity contribution in [2.75, 3.05) is 24.6 Å². The standard InChI is InChI=1S/C21H23N3O3/c1-2-18-12-24(18)19-6-5-15-7-14(3-4-16(15)9-19)8-17(10-22)21(27)23-11-20(26)13-25/h3-9,18,20,25-26H,2,11-13H2,1H3,(H,23,27)/b17-8+. The van der Waals surface area contributed by atoms with E-state index >= 15 is 0 Å². The molecular weight excluding hydrogens is 342 g/mol. The van der Waals surface area contributed by atoms with Gasteiger partial charge in [-0.1, -0.05) is 25.1 Å². The van der Waals surface area contributed by atoms with Crippen molar-refractivity contribution in [2.45, 2.75) is 25.5 Å². The van der Waals surface area contributed by atoms with Gasteiger partial charge in [0.1, 0.15) is 11.6 Å². The molecule has 2 atom stereocenters. The van der Waals surface area contributed by atoms with Crippen LogP contribution in [0.15, 0.2) is 42.0 Å². The summed E-state index contributed by atoms with van der Waals surface area (Å²) in [7, 11) is 0. The second kappa shape index (κ2) is 8.21. The van der Waals surface area contributed by atoms with Crippen LogP contribution in [0.4, 0.5) is 5.69 Å². The highest BCUT2D eigenvalue weighted by Crippen LogP contribution is 2.32. The Morgan fingerprint density at radius 3 is 2.78 bits per heavy atom. The van der Waals surface area contributed by atoms with Crippen LogP contribution in [-0.2, 0) is 4.79 Å². The molecule has 0 radical (unpaired) electrons. The van der Waals surface area contributed by atoms with Crippen LogP contribution >= 0.6 is 0 Å². The predicted molar refractivity (Wildman–Crippen MR) is 105 cm³/mol. The van der Waals surface area contributed by atoms with E-state index < -0.39 is 18.6 Å². The van der Waals surface area contributed by atoms with Crippen LogP contribution in [0.25, 0.3) is 16.8 Å². The molecule has 0 bridgehead atoms. The minimum atomic E-state index is -1.04. The summed E-state index contributed by atoms with van der Waals surface area (Å²) >= 11 is 0. The first-order chi connectivity index (χ1) is 13.0. The van der Waals surface area contributed by atoms with Gasteiger partial charge in [-0.15, -0.1) is 0 Å². The molecule has 2 unspecified atom stereocenters. The van der Waals surface area contributed by atoms with Gasteiger partial charge in [0, 0.05) is 24.8 Å². The normalized spacial score (nSPS) is 17.5. The lowest BCUT2D eigenvalue weighted by molar-refractivity contribution is -0.117. The largest absolute Gasteiger partial charge is 0.394 e. The summed E-state index contributed by atoms with van der Waals surface area (Å²) < 4.78 is 0. The van der Waals surface area contributed by atoms with Crippen molar-refractivity contribution in [1.29, 1.82) is 5.26 Å². The van der Waals surface area contributed by atoms with Crippen molar-refractivity contribution in [3.05, 3.63) is 47.5 Å². The summed E-state index contributed by atoms with van der Waals surface area (Å²) in [5.74, 6) is -0.576. The Kier molecular flexibility index (Phi) is 5.75. The maximum absolute atomic E-state index is 12.0. The average Bonchev–Trinajstić information content (AvgIpc) is 3.49. The second-order valence-electron chi connectivity index (χ2n) is 6.72. The summed E-state index contributed by atoms with van der Waals surface area (Å²) in [4.78, 5) is 14.4. The first-order valence-corrected chi connectivity index (χ1v) is 9.05. The van der Waals surface area contributed by atoms with E-state index in [1.165, 1.54) is 11.8 Å². The Morgan fingerprint density at radius 1 is 1.37 bits per heavy atom. The van der Waals surface area contributed by atoms with Crippen LogP contribution in [0.5, 0.6) is 0 Å². The summed E-state index contributed by atoms with van der Waals surface area (Å²) in [6.07, 6.45) is 1.63. The number of aliphatic hydroxyl groups excluding tert-OH is 2. The summed E-state index contributed by atoms with van der Waals surface area (Å²) in [6, 6.07) is 14.6. The van der Waals surface area contributed by atoms with Gasteiger partial charge in [0.25, 0.3) is 5.91 Å². The van der Waals surface area contributed by atoms with Gasteiger partial charge in [0.2, 0.25) is 0 Å². The number of hydrogen-bond acceptors (Lipinski definition) is 5. The number of rotatable bonds is 7. The van der Waals surface area contributed by atoms with E-state index in [1.807, 2.05) is 24.3 Å². The highest BCUT2D eigenvalue weighted by atomic mass is 16.3. The summed E-state index contributed by atoms with van der Waals surface area (Å²) in [5.41, 5.74) is 1.92. The van der Waals surface area contributed by atoms with Crippen LogP contribution in [-0.4, -0.2) is 48.0 Å². The number of fused-ring (bicyclic) bond motifs is 1. The van der Waals surface area contributed by atoms with Crippen molar-refractivity contribution in [3.63, 3.8) is 0 Å². The molecule has 27 heavy (non-hydrogen) atoms. The molecule has 1 heterocycles. The third kappa shape index (κ3) is 4.45. The molecule has 6 nitrogen and oxygen atoms in total. The number of carbonyl (C=O) groups excluding carboxylic acids is 1. The third-order valence-corrected chi connectivity index (χ3v) is 4.75. The van der Waals surface area contributed by atoms with Gasteiger partial charge in [0.15, 0.2) is 0 Å². The highest BCUT2D eigenvalue weighted by molar-refractivity contribution is 6.02. The second-order valence-corrected chi connectivity index (χ2v) is 6.72. The van der Waals surface area contributed by atoms with Crippen LogP contribution < -0.4 is 10.2 Å². The van der Waals surface area contributed by atoms with E-state index in [2.05, 4.69) is 35.3 Å². The molecule has 1 aliphatic heterocycles. The number of amides is 1. The zero-order valence-corrected chi connectivity index (χ0v) is 15.2. The Bertz CT molecular complexity index is 917. The van der Waals surface area contributed by atoms with Crippen molar-refractivity contribution in [3.8, 4) is 6.07 Å². The van der Waals surface area contributed by atoms with Gasteiger partial charge in [-0.25, -0.2) is 0 Å². The van der Waals surface area contributed by atoms with Crippen LogP contribution in [0.2, 0.25) is 0 Å². The molecule has 0 aromatic heterocycles.